The van der Waals surface area contributed by atoms with Gasteiger partial charge in [-0.05, 0) is 6.92 Å². The summed E-state index contributed by atoms with van der Waals surface area (Å²) in [6.07, 6.45) is 0. The average molecular weight is 206 g/mol. The Kier molecular flexibility index (Phi) is 3.39. The van der Waals surface area contributed by atoms with E-state index in [1.165, 1.54) is 16.6 Å². The molecule has 0 radical (unpaired) electrons. The summed E-state index contributed by atoms with van der Waals surface area (Å²) in [5.41, 5.74) is 1.45. The Morgan fingerprint density at radius 3 is 2.40 bits per heavy atom. The van der Waals surface area contributed by atoms with Gasteiger partial charge in [0.1, 0.15) is 19.6 Å². The summed E-state index contributed by atoms with van der Waals surface area (Å²) in [6, 6.07) is 10.8. The lowest BCUT2D eigenvalue weighted by Gasteiger charge is -2.40. The number of morpholine rings is 1. The van der Waals surface area contributed by atoms with Crippen LogP contribution in [-0.4, -0.2) is 37.3 Å². The first-order valence-electron chi connectivity index (χ1n) is 5.81. The first kappa shape index (κ1) is 10.7. The zero-order valence-corrected chi connectivity index (χ0v) is 9.48. The Hall–Kier alpha value is -0.860. The van der Waals surface area contributed by atoms with E-state index in [4.69, 9.17) is 4.74 Å². The van der Waals surface area contributed by atoms with Crippen LogP contribution in [0.3, 0.4) is 0 Å². The van der Waals surface area contributed by atoms with Gasteiger partial charge in [-0.2, -0.15) is 0 Å². The van der Waals surface area contributed by atoms with E-state index in [0.29, 0.717) is 0 Å². The Morgan fingerprint density at radius 1 is 1.13 bits per heavy atom. The summed E-state index contributed by atoms with van der Waals surface area (Å²) < 4.78 is 6.63. The SMILES string of the molecule is CC[N+]1(Cc2ccccc2)CCOCC1. The van der Waals surface area contributed by atoms with Gasteiger partial charge in [0.05, 0.1) is 19.8 Å². The van der Waals surface area contributed by atoms with Crippen LogP contribution in [-0.2, 0) is 11.3 Å². The summed E-state index contributed by atoms with van der Waals surface area (Å²) in [7, 11) is 0. The Morgan fingerprint density at radius 2 is 1.80 bits per heavy atom. The summed E-state index contributed by atoms with van der Waals surface area (Å²) in [5, 5.41) is 0. The second-order valence-corrected chi connectivity index (χ2v) is 4.36. The zero-order chi connectivity index (χ0) is 10.6. The highest BCUT2D eigenvalue weighted by atomic mass is 16.5. The highest BCUT2D eigenvalue weighted by Gasteiger charge is 2.28. The molecule has 1 aromatic carbocycles. The van der Waals surface area contributed by atoms with Crippen molar-refractivity contribution in [2.75, 3.05) is 32.8 Å². The van der Waals surface area contributed by atoms with Crippen LogP contribution in [0.5, 0.6) is 0 Å². The third kappa shape index (κ3) is 2.58. The average Bonchev–Trinajstić information content (AvgIpc) is 2.32. The van der Waals surface area contributed by atoms with Crippen molar-refractivity contribution in [3.8, 4) is 0 Å². The molecule has 1 fully saturated rings. The predicted molar refractivity (Wildman–Crippen MR) is 61.5 cm³/mol. The highest BCUT2D eigenvalue weighted by Crippen LogP contribution is 2.16. The number of benzene rings is 1. The van der Waals surface area contributed by atoms with Gasteiger partial charge in [0.25, 0.3) is 0 Å². The molecule has 2 nitrogen and oxygen atoms in total. The molecule has 0 spiro atoms. The number of rotatable bonds is 3. The normalized spacial score (nSPS) is 20.1. The van der Waals surface area contributed by atoms with Gasteiger partial charge in [0, 0.05) is 5.56 Å². The molecule has 0 saturated carbocycles. The predicted octanol–water partition coefficient (Wildman–Crippen LogP) is 2.05. The second-order valence-electron chi connectivity index (χ2n) is 4.36. The van der Waals surface area contributed by atoms with Crippen molar-refractivity contribution in [2.24, 2.45) is 0 Å². The Bertz CT molecular complexity index is 291. The molecule has 1 heterocycles. The van der Waals surface area contributed by atoms with E-state index >= 15 is 0 Å². The van der Waals surface area contributed by atoms with Crippen molar-refractivity contribution < 1.29 is 9.22 Å². The molecule has 0 aliphatic carbocycles. The first-order chi connectivity index (χ1) is 7.35. The van der Waals surface area contributed by atoms with Crippen LogP contribution in [0.25, 0.3) is 0 Å². The topological polar surface area (TPSA) is 9.23 Å². The van der Waals surface area contributed by atoms with E-state index in [1.54, 1.807) is 0 Å². The van der Waals surface area contributed by atoms with Crippen molar-refractivity contribution in [1.29, 1.82) is 0 Å². The van der Waals surface area contributed by atoms with Crippen LogP contribution >= 0.6 is 0 Å². The molecule has 0 amide bonds. The molecular formula is C13H20NO+. The fourth-order valence-corrected chi connectivity index (χ4v) is 2.29. The van der Waals surface area contributed by atoms with Gasteiger partial charge in [-0.15, -0.1) is 0 Å². The van der Waals surface area contributed by atoms with Gasteiger partial charge in [-0.25, -0.2) is 0 Å². The standard InChI is InChI=1S/C13H20NO/c1-2-14(8-10-15-11-9-14)12-13-6-4-3-5-7-13/h3-7H,2,8-12H2,1H3/q+1. The molecule has 1 saturated heterocycles. The highest BCUT2D eigenvalue weighted by molar-refractivity contribution is 5.13. The summed E-state index contributed by atoms with van der Waals surface area (Å²) >= 11 is 0. The van der Waals surface area contributed by atoms with E-state index in [2.05, 4.69) is 37.3 Å². The molecule has 1 aliphatic heterocycles. The molecule has 2 rings (SSSR count). The van der Waals surface area contributed by atoms with Crippen LogP contribution in [0, 0.1) is 0 Å². The van der Waals surface area contributed by atoms with Crippen molar-refractivity contribution in [3.63, 3.8) is 0 Å². The van der Waals surface area contributed by atoms with Gasteiger partial charge in [-0.1, -0.05) is 30.3 Å². The maximum Gasteiger partial charge on any atom is 0.104 e. The number of quaternary nitrogens is 1. The van der Waals surface area contributed by atoms with Gasteiger partial charge < -0.3 is 9.22 Å². The van der Waals surface area contributed by atoms with Crippen molar-refractivity contribution >= 4 is 0 Å². The zero-order valence-electron chi connectivity index (χ0n) is 9.48. The fraction of sp³-hybridized carbons (Fsp3) is 0.538. The van der Waals surface area contributed by atoms with E-state index in [-0.39, 0.29) is 0 Å². The van der Waals surface area contributed by atoms with E-state index in [1.807, 2.05) is 0 Å². The maximum absolute atomic E-state index is 5.45. The van der Waals surface area contributed by atoms with E-state index < -0.39 is 0 Å². The lowest BCUT2D eigenvalue weighted by molar-refractivity contribution is -0.946. The third-order valence-corrected chi connectivity index (χ3v) is 3.45. The number of hydrogen-bond acceptors (Lipinski definition) is 1. The Balaban J connectivity index is 2.07. The van der Waals surface area contributed by atoms with E-state index in [0.717, 1.165) is 32.8 Å². The molecule has 0 aromatic heterocycles. The number of ether oxygens (including phenoxy) is 1. The largest absolute Gasteiger partial charge is 0.370 e. The minimum Gasteiger partial charge on any atom is -0.370 e. The molecule has 82 valence electrons. The second kappa shape index (κ2) is 4.77. The molecule has 15 heavy (non-hydrogen) atoms. The van der Waals surface area contributed by atoms with Gasteiger partial charge in [-0.3, -0.25) is 0 Å². The molecular weight excluding hydrogens is 186 g/mol. The number of nitrogens with zero attached hydrogens (tertiary/aromatic N) is 1. The van der Waals surface area contributed by atoms with E-state index in [9.17, 15) is 0 Å². The fourth-order valence-electron chi connectivity index (χ4n) is 2.29. The molecule has 0 atom stereocenters. The van der Waals surface area contributed by atoms with Gasteiger partial charge in [0.15, 0.2) is 0 Å². The van der Waals surface area contributed by atoms with Crippen LogP contribution < -0.4 is 0 Å². The first-order valence-corrected chi connectivity index (χ1v) is 5.81. The number of likely N-dealkylation sites (N-methyl/N-ethyl adjacent to an activating group) is 1. The maximum atomic E-state index is 5.45. The van der Waals surface area contributed by atoms with Crippen LogP contribution in [0.4, 0.5) is 0 Å². The lowest BCUT2D eigenvalue weighted by atomic mass is 10.1. The molecule has 0 unspecified atom stereocenters. The van der Waals surface area contributed by atoms with Crippen molar-refractivity contribution in [1.82, 2.24) is 0 Å². The summed E-state index contributed by atoms with van der Waals surface area (Å²) in [5.74, 6) is 0. The minimum atomic E-state index is 0.917. The van der Waals surface area contributed by atoms with Gasteiger partial charge in [0.2, 0.25) is 0 Å². The van der Waals surface area contributed by atoms with Crippen molar-refractivity contribution in [2.45, 2.75) is 13.5 Å². The van der Waals surface area contributed by atoms with Crippen LogP contribution in [0.1, 0.15) is 12.5 Å². The summed E-state index contributed by atoms with van der Waals surface area (Å²) in [4.78, 5) is 0. The number of hydrogen-bond donors (Lipinski definition) is 0. The van der Waals surface area contributed by atoms with Gasteiger partial charge >= 0.3 is 0 Å². The third-order valence-electron chi connectivity index (χ3n) is 3.45. The Labute approximate surface area is 92.1 Å². The summed E-state index contributed by atoms with van der Waals surface area (Å²) in [6.45, 7) is 8.80. The molecule has 1 aromatic rings. The smallest absolute Gasteiger partial charge is 0.104 e. The van der Waals surface area contributed by atoms with Crippen LogP contribution in [0.15, 0.2) is 30.3 Å². The lowest BCUT2D eigenvalue weighted by Crippen LogP contribution is -2.54. The monoisotopic (exact) mass is 206 g/mol. The molecule has 2 heteroatoms. The van der Waals surface area contributed by atoms with Crippen molar-refractivity contribution in [3.05, 3.63) is 35.9 Å². The molecule has 0 N–H and O–H groups in total. The molecule has 0 bridgehead atoms. The van der Waals surface area contributed by atoms with Crippen LogP contribution in [0.2, 0.25) is 0 Å². The molecule has 1 aliphatic rings. The quantitative estimate of drug-likeness (QED) is 0.688. The minimum absolute atomic E-state index is 0.917.